The third-order valence-corrected chi connectivity index (χ3v) is 6.73. The van der Waals surface area contributed by atoms with Gasteiger partial charge in [-0.2, -0.15) is 0 Å². The number of sulfonamides is 1. The minimum Gasteiger partial charge on any atom is -0.355 e. The van der Waals surface area contributed by atoms with Crippen LogP contribution in [0, 0.1) is 11.6 Å². The molecule has 1 unspecified atom stereocenters. The van der Waals surface area contributed by atoms with Gasteiger partial charge >= 0.3 is 0 Å². The number of guanidine groups is 1. The number of aliphatic imine (C=N–C) groups is 1. The largest absolute Gasteiger partial charge is 0.355 e. The second-order valence-corrected chi connectivity index (χ2v) is 9.20. The van der Waals surface area contributed by atoms with Crippen molar-refractivity contribution in [3.05, 3.63) is 51.9 Å². The Morgan fingerprint density at radius 2 is 1.93 bits per heavy atom. The topological polar surface area (TPSA) is 82.6 Å². The van der Waals surface area contributed by atoms with Crippen molar-refractivity contribution < 1.29 is 17.2 Å². The second-order valence-electron chi connectivity index (χ2n) is 5.49. The molecule has 0 amide bonds. The molecule has 6 nitrogen and oxygen atoms in total. The highest BCUT2D eigenvalue weighted by Crippen LogP contribution is 2.25. The third-order valence-electron chi connectivity index (χ3n) is 3.54. The van der Waals surface area contributed by atoms with E-state index >= 15 is 0 Å². The van der Waals surface area contributed by atoms with Gasteiger partial charge in [-0.05, 0) is 36.8 Å². The van der Waals surface area contributed by atoms with E-state index < -0.39 is 21.7 Å². The quantitative estimate of drug-likeness (QED) is 0.208. The number of benzene rings is 1. The molecule has 0 bridgehead atoms. The maximum atomic E-state index is 13.3. The first-order valence-corrected chi connectivity index (χ1v) is 10.6. The van der Waals surface area contributed by atoms with Crippen LogP contribution in [0.25, 0.3) is 0 Å². The Balaban J connectivity index is 0.00000392. The van der Waals surface area contributed by atoms with Gasteiger partial charge in [0, 0.05) is 20.1 Å². The van der Waals surface area contributed by atoms with Gasteiger partial charge in [0.25, 0.3) is 0 Å². The summed E-state index contributed by atoms with van der Waals surface area (Å²) in [5, 5.41) is 5.97. The fourth-order valence-corrected chi connectivity index (χ4v) is 4.70. The fourth-order valence-electron chi connectivity index (χ4n) is 2.14. The first-order chi connectivity index (χ1) is 12.7. The highest BCUT2D eigenvalue weighted by Gasteiger charge is 2.16. The molecule has 28 heavy (non-hydrogen) atoms. The summed E-state index contributed by atoms with van der Waals surface area (Å²) >= 11 is 6.72. The Kier molecular flexibility index (Phi) is 10.0. The number of hydrogen-bond donors (Lipinski definition) is 3. The number of rotatable bonds is 7. The average molecular weight is 565 g/mol. The van der Waals surface area contributed by atoms with E-state index in [0.717, 1.165) is 23.5 Å². The standard InChI is InChI=1S/C16H19ClF2N4O2S2.HI/c1-10(11-3-4-12(18)13(19)9-11)23-16(20-2)21-7-8-22-27(24,25)15-6-5-14(17)26-15;/h3-6,9-10,22H,7-8H2,1-2H3,(H2,20,21,23);1H. The van der Waals surface area contributed by atoms with E-state index in [1.807, 2.05) is 0 Å². The molecule has 0 aliphatic heterocycles. The molecule has 3 N–H and O–H groups in total. The summed E-state index contributed by atoms with van der Waals surface area (Å²) in [6.45, 7) is 2.16. The van der Waals surface area contributed by atoms with Gasteiger partial charge < -0.3 is 10.6 Å². The Bertz CT molecular complexity index is 925. The van der Waals surface area contributed by atoms with Gasteiger partial charge in [-0.1, -0.05) is 17.7 Å². The predicted octanol–water partition coefficient (Wildman–Crippen LogP) is 3.50. The van der Waals surface area contributed by atoms with Crippen LogP contribution < -0.4 is 15.4 Å². The zero-order valence-corrected chi connectivity index (χ0v) is 19.7. The van der Waals surface area contributed by atoms with Gasteiger partial charge in [-0.3, -0.25) is 4.99 Å². The van der Waals surface area contributed by atoms with Gasteiger partial charge in [0.1, 0.15) is 4.21 Å². The van der Waals surface area contributed by atoms with Crippen molar-refractivity contribution in [3.8, 4) is 0 Å². The monoisotopic (exact) mass is 564 g/mol. The Hall–Kier alpha value is -1.02. The lowest BCUT2D eigenvalue weighted by Crippen LogP contribution is -2.42. The van der Waals surface area contributed by atoms with Crippen molar-refractivity contribution in [2.75, 3.05) is 20.1 Å². The minimum atomic E-state index is -3.61. The number of nitrogens with one attached hydrogen (secondary N) is 3. The molecule has 2 aromatic rings. The molecule has 12 heteroatoms. The van der Waals surface area contributed by atoms with Crippen molar-refractivity contribution in [1.82, 2.24) is 15.4 Å². The maximum absolute atomic E-state index is 13.3. The molecule has 0 aliphatic carbocycles. The molecule has 0 fully saturated rings. The van der Waals surface area contributed by atoms with Gasteiger partial charge in [0.15, 0.2) is 17.6 Å². The van der Waals surface area contributed by atoms with Crippen LogP contribution in [0.15, 0.2) is 39.5 Å². The third kappa shape index (κ3) is 7.10. The van der Waals surface area contributed by atoms with Crippen molar-refractivity contribution >= 4 is 62.9 Å². The summed E-state index contributed by atoms with van der Waals surface area (Å²) in [4.78, 5) is 4.02. The number of hydrogen-bond acceptors (Lipinski definition) is 4. The molecule has 0 aliphatic rings. The van der Waals surface area contributed by atoms with Crippen LogP contribution in [0.5, 0.6) is 0 Å². The molecule has 1 aromatic heterocycles. The second kappa shape index (κ2) is 11.2. The Labute approximate surface area is 188 Å². The van der Waals surface area contributed by atoms with Crippen LogP contribution >= 0.6 is 46.9 Å². The molecule has 1 atom stereocenters. The zero-order valence-electron chi connectivity index (χ0n) is 15.0. The van der Waals surface area contributed by atoms with E-state index in [1.165, 1.54) is 18.2 Å². The number of nitrogens with zero attached hydrogens (tertiary/aromatic N) is 1. The molecule has 1 aromatic carbocycles. The normalized spacial score (nSPS) is 13.0. The average Bonchev–Trinajstić information content (AvgIpc) is 3.07. The smallest absolute Gasteiger partial charge is 0.250 e. The highest BCUT2D eigenvalue weighted by molar-refractivity contribution is 14.0. The molecular weight excluding hydrogens is 545 g/mol. The van der Waals surface area contributed by atoms with Crippen molar-refractivity contribution in [1.29, 1.82) is 0 Å². The van der Waals surface area contributed by atoms with Crippen LogP contribution in [0.3, 0.4) is 0 Å². The first kappa shape index (κ1) is 25.0. The van der Waals surface area contributed by atoms with Crippen LogP contribution in [0.4, 0.5) is 8.78 Å². The van der Waals surface area contributed by atoms with Crippen LogP contribution in [-0.2, 0) is 10.0 Å². The van der Waals surface area contributed by atoms with E-state index in [4.69, 9.17) is 11.6 Å². The van der Waals surface area contributed by atoms with Gasteiger partial charge in [0.2, 0.25) is 10.0 Å². The molecule has 0 radical (unpaired) electrons. The van der Waals surface area contributed by atoms with Crippen molar-refractivity contribution in [3.63, 3.8) is 0 Å². The van der Waals surface area contributed by atoms with E-state index in [-0.39, 0.29) is 47.3 Å². The number of thiophene rings is 1. The molecule has 2 rings (SSSR count). The molecule has 0 saturated heterocycles. The van der Waals surface area contributed by atoms with Crippen LogP contribution in [0.1, 0.15) is 18.5 Å². The Morgan fingerprint density at radius 3 is 2.50 bits per heavy atom. The fraction of sp³-hybridized carbons (Fsp3) is 0.312. The molecule has 0 spiro atoms. The lowest BCUT2D eigenvalue weighted by Gasteiger charge is -2.18. The van der Waals surface area contributed by atoms with Gasteiger partial charge in [0.05, 0.1) is 10.4 Å². The summed E-state index contributed by atoms with van der Waals surface area (Å²) in [5.41, 5.74) is 0.548. The lowest BCUT2D eigenvalue weighted by molar-refractivity contribution is 0.504. The summed E-state index contributed by atoms with van der Waals surface area (Å²) in [5.74, 6) is -1.44. The van der Waals surface area contributed by atoms with Crippen LogP contribution in [0.2, 0.25) is 4.34 Å². The van der Waals surface area contributed by atoms with Gasteiger partial charge in [-0.25, -0.2) is 21.9 Å². The van der Waals surface area contributed by atoms with E-state index in [0.29, 0.717) is 15.9 Å². The van der Waals surface area contributed by atoms with Gasteiger partial charge in [-0.15, -0.1) is 35.3 Å². The lowest BCUT2D eigenvalue weighted by atomic mass is 10.1. The summed E-state index contributed by atoms with van der Waals surface area (Å²) in [6, 6.07) is 6.27. The summed E-state index contributed by atoms with van der Waals surface area (Å²) in [7, 11) is -2.07. The van der Waals surface area contributed by atoms with E-state index in [1.54, 1.807) is 14.0 Å². The molecule has 0 saturated carbocycles. The van der Waals surface area contributed by atoms with E-state index in [2.05, 4.69) is 20.3 Å². The molecule has 1 heterocycles. The molecular formula is C16H20ClF2IN4O2S2. The molecule has 156 valence electrons. The van der Waals surface area contributed by atoms with E-state index in [9.17, 15) is 17.2 Å². The van der Waals surface area contributed by atoms with Crippen molar-refractivity contribution in [2.45, 2.75) is 17.2 Å². The summed E-state index contributed by atoms with van der Waals surface area (Å²) in [6.07, 6.45) is 0. The van der Waals surface area contributed by atoms with Crippen LogP contribution in [-0.4, -0.2) is 34.5 Å². The zero-order chi connectivity index (χ0) is 20.0. The SMILES string of the molecule is CN=C(NCCNS(=O)(=O)c1ccc(Cl)s1)NC(C)c1ccc(F)c(F)c1.I. The number of halogens is 4. The minimum absolute atomic E-state index is 0. The van der Waals surface area contributed by atoms with Crippen molar-refractivity contribution in [2.24, 2.45) is 4.99 Å². The Morgan fingerprint density at radius 1 is 1.21 bits per heavy atom. The maximum Gasteiger partial charge on any atom is 0.250 e. The highest BCUT2D eigenvalue weighted by atomic mass is 127. The summed E-state index contributed by atoms with van der Waals surface area (Å²) < 4.78 is 53.5. The first-order valence-electron chi connectivity index (χ1n) is 7.90. The predicted molar refractivity (Wildman–Crippen MR) is 119 cm³/mol.